The van der Waals surface area contributed by atoms with Crippen LogP contribution in [-0.4, -0.2) is 11.7 Å². The van der Waals surface area contributed by atoms with E-state index in [1.165, 1.54) is 6.08 Å². The molecule has 0 radical (unpaired) electrons. The minimum atomic E-state index is -0.422. The molecule has 0 aromatic heterocycles. The molecule has 0 fully saturated rings. The normalized spacial score (nSPS) is 9.86. The molecule has 0 spiro atoms. The van der Waals surface area contributed by atoms with Gasteiger partial charge in [-0.2, -0.15) is 12.6 Å². The van der Waals surface area contributed by atoms with Gasteiger partial charge in [0.2, 0.25) is 5.91 Å². The van der Waals surface area contributed by atoms with Gasteiger partial charge in [0.15, 0.2) is 0 Å². The maximum absolute atomic E-state index is 9.86. The third-order valence-electron chi connectivity index (χ3n) is 0.388. The van der Waals surface area contributed by atoms with Crippen LogP contribution in [0.4, 0.5) is 0 Å². The first kappa shape index (κ1) is 6.56. The van der Waals surface area contributed by atoms with Crippen LogP contribution in [0.15, 0.2) is 12.2 Å². The smallest absolute Gasteiger partial charge is 0.241 e. The van der Waals surface area contributed by atoms with E-state index in [1.807, 2.05) is 0 Å². The van der Waals surface area contributed by atoms with Crippen molar-refractivity contribution in [2.24, 2.45) is 5.73 Å². The average Bonchev–Trinajstić information content (AvgIpc) is 1.61. The third-order valence-corrected chi connectivity index (χ3v) is 0.598. The Labute approximate surface area is 47.8 Å². The molecule has 7 heavy (non-hydrogen) atoms. The lowest BCUT2D eigenvalue weighted by molar-refractivity contribution is -0.113. The van der Waals surface area contributed by atoms with E-state index in [9.17, 15) is 4.79 Å². The van der Waals surface area contributed by atoms with Crippen molar-refractivity contribution in [1.29, 1.82) is 0 Å². The summed E-state index contributed by atoms with van der Waals surface area (Å²) in [4.78, 5) is 9.86. The molecule has 2 N–H and O–H groups in total. The first-order valence-corrected chi connectivity index (χ1v) is 2.47. The molecule has 0 aliphatic heterocycles. The van der Waals surface area contributed by atoms with E-state index in [1.54, 1.807) is 6.08 Å². The van der Waals surface area contributed by atoms with Crippen molar-refractivity contribution in [3.05, 3.63) is 12.2 Å². The van der Waals surface area contributed by atoms with Gasteiger partial charge in [0.05, 0.1) is 0 Å². The number of primary amides is 1. The van der Waals surface area contributed by atoms with Crippen molar-refractivity contribution in [3.8, 4) is 0 Å². The maximum Gasteiger partial charge on any atom is 0.241 e. The Bertz CT molecular complexity index is 89.7. The summed E-state index contributed by atoms with van der Waals surface area (Å²) >= 11 is 3.80. The fourth-order valence-corrected chi connectivity index (χ4v) is 0.274. The minimum Gasteiger partial charge on any atom is -0.366 e. The third kappa shape index (κ3) is 5.56. The van der Waals surface area contributed by atoms with Gasteiger partial charge in [-0.05, 0) is 6.08 Å². The average molecular weight is 117 g/mol. The van der Waals surface area contributed by atoms with Crippen LogP contribution in [0, 0.1) is 0 Å². The molecule has 0 aliphatic carbocycles. The molecule has 0 aromatic rings. The van der Waals surface area contributed by atoms with E-state index in [0.29, 0.717) is 5.75 Å². The van der Waals surface area contributed by atoms with Crippen LogP contribution >= 0.6 is 12.6 Å². The molecule has 0 bridgehead atoms. The Balaban J connectivity index is 3.26. The molecular formula is C4H7NOS. The molecule has 0 heterocycles. The second-order valence-corrected chi connectivity index (χ2v) is 1.35. The summed E-state index contributed by atoms with van der Waals surface area (Å²) in [5, 5.41) is 0. The van der Waals surface area contributed by atoms with E-state index in [2.05, 4.69) is 12.6 Å². The summed E-state index contributed by atoms with van der Waals surface area (Å²) in [7, 11) is 0. The highest BCUT2D eigenvalue weighted by molar-refractivity contribution is 7.80. The van der Waals surface area contributed by atoms with Gasteiger partial charge in [-0.15, -0.1) is 0 Å². The highest BCUT2D eigenvalue weighted by Gasteiger charge is 1.76. The van der Waals surface area contributed by atoms with Crippen LogP contribution in [0.1, 0.15) is 0 Å². The van der Waals surface area contributed by atoms with E-state index >= 15 is 0 Å². The van der Waals surface area contributed by atoms with Crippen LogP contribution < -0.4 is 5.73 Å². The first-order valence-electron chi connectivity index (χ1n) is 1.84. The van der Waals surface area contributed by atoms with Crippen LogP contribution in [0.25, 0.3) is 0 Å². The van der Waals surface area contributed by atoms with Crippen molar-refractivity contribution in [1.82, 2.24) is 0 Å². The predicted octanol–water partition coefficient (Wildman–Crippen LogP) is -0.0423. The zero-order chi connectivity index (χ0) is 5.70. The molecule has 2 nitrogen and oxygen atoms in total. The maximum atomic E-state index is 9.86. The second kappa shape index (κ2) is 3.74. The number of nitrogens with two attached hydrogens (primary N) is 1. The molecule has 40 valence electrons. The van der Waals surface area contributed by atoms with Gasteiger partial charge in [0.25, 0.3) is 0 Å². The highest BCUT2D eigenvalue weighted by atomic mass is 32.1. The lowest BCUT2D eigenvalue weighted by Crippen LogP contribution is -2.05. The summed E-state index contributed by atoms with van der Waals surface area (Å²) in [6, 6.07) is 0. The molecule has 0 aliphatic rings. The van der Waals surface area contributed by atoms with Crippen molar-refractivity contribution >= 4 is 18.5 Å². The Morgan fingerprint density at radius 3 is 2.57 bits per heavy atom. The Hall–Kier alpha value is -0.440. The van der Waals surface area contributed by atoms with Crippen molar-refractivity contribution < 1.29 is 4.79 Å². The van der Waals surface area contributed by atoms with Gasteiger partial charge in [0, 0.05) is 5.75 Å². The van der Waals surface area contributed by atoms with Crippen LogP contribution in [-0.2, 0) is 4.79 Å². The van der Waals surface area contributed by atoms with Gasteiger partial charge in [-0.3, -0.25) is 4.79 Å². The Morgan fingerprint density at radius 1 is 1.86 bits per heavy atom. The predicted molar refractivity (Wildman–Crippen MR) is 32.2 cm³/mol. The zero-order valence-electron chi connectivity index (χ0n) is 3.79. The van der Waals surface area contributed by atoms with Gasteiger partial charge >= 0.3 is 0 Å². The molecule has 0 rings (SSSR count). The number of carbonyl (C=O) groups is 1. The molecule has 1 amide bonds. The summed E-state index contributed by atoms with van der Waals surface area (Å²) in [5.74, 6) is 0.136. The van der Waals surface area contributed by atoms with Crippen LogP contribution in [0.5, 0.6) is 0 Å². The summed E-state index contributed by atoms with van der Waals surface area (Å²) in [6.07, 6.45) is 2.87. The van der Waals surface area contributed by atoms with Crippen molar-refractivity contribution in [3.63, 3.8) is 0 Å². The number of hydrogen-bond donors (Lipinski definition) is 2. The first-order chi connectivity index (χ1) is 3.27. The molecule has 3 heteroatoms. The Kier molecular flexibility index (Phi) is 3.50. The zero-order valence-corrected chi connectivity index (χ0v) is 4.69. The van der Waals surface area contributed by atoms with E-state index < -0.39 is 5.91 Å². The molecular weight excluding hydrogens is 110 g/mol. The number of hydrogen-bond acceptors (Lipinski definition) is 2. The monoisotopic (exact) mass is 117 g/mol. The van der Waals surface area contributed by atoms with Gasteiger partial charge < -0.3 is 5.73 Å². The number of carbonyl (C=O) groups excluding carboxylic acids is 1. The van der Waals surface area contributed by atoms with Gasteiger partial charge in [0.1, 0.15) is 0 Å². The molecule has 0 atom stereocenters. The van der Waals surface area contributed by atoms with Crippen LogP contribution in [0.3, 0.4) is 0 Å². The number of amides is 1. The molecule has 0 unspecified atom stereocenters. The summed E-state index contributed by atoms with van der Waals surface area (Å²) in [6.45, 7) is 0. The topological polar surface area (TPSA) is 43.1 Å². The van der Waals surface area contributed by atoms with E-state index in [-0.39, 0.29) is 0 Å². The minimum absolute atomic E-state index is 0.422. The second-order valence-electron chi connectivity index (χ2n) is 0.987. The lowest BCUT2D eigenvalue weighted by Gasteiger charge is -1.74. The Morgan fingerprint density at radius 2 is 2.43 bits per heavy atom. The fourth-order valence-electron chi connectivity index (χ4n) is 0.169. The fraction of sp³-hybridized carbons (Fsp3) is 0.250. The van der Waals surface area contributed by atoms with Gasteiger partial charge in [-0.25, -0.2) is 0 Å². The van der Waals surface area contributed by atoms with E-state index in [4.69, 9.17) is 5.73 Å². The molecule has 0 aromatic carbocycles. The largest absolute Gasteiger partial charge is 0.366 e. The van der Waals surface area contributed by atoms with E-state index in [0.717, 1.165) is 0 Å². The summed E-state index contributed by atoms with van der Waals surface area (Å²) < 4.78 is 0. The van der Waals surface area contributed by atoms with Crippen LogP contribution in [0.2, 0.25) is 0 Å². The molecule has 0 saturated carbocycles. The molecule has 0 saturated heterocycles. The summed E-state index contributed by atoms with van der Waals surface area (Å²) in [5.41, 5.74) is 4.72. The van der Waals surface area contributed by atoms with Gasteiger partial charge in [-0.1, -0.05) is 6.08 Å². The van der Waals surface area contributed by atoms with Crippen molar-refractivity contribution in [2.45, 2.75) is 0 Å². The standard InChI is InChI=1S/C4H7NOS/c5-4(6)2-1-3-7/h1-2,7H,3H2,(H2,5,6). The highest BCUT2D eigenvalue weighted by Crippen LogP contribution is 1.73. The van der Waals surface area contributed by atoms with Crippen molar-refractivity contribution in [2.75, 3.05) is 5.75 Å². The number of thiol groups is 1. The lowest BCUT2D eigenvalue weighted by atomic mass is 10.5. The SMILES string of the molecule is NC(=O)C=CCS. The number of rotatable bonds is 2. The quantitative estimate of drug-likeness (QED) is 0.387.